The minimum Gasteiger partial charge on any atom is -0.456 e. The molecule has 1 aliphatic carbocycles. The topological polar surface area (TPSA) is 32.8 Å². The van der Waals surface area contributed by atoms with Crippen LogP contribution in [0.4, 0.5) is 34.1 Å². The lowest BCUT2D eigenvalue weighted by Gasteiger charge is -2.34. The van der Waals surface area contributed by atoms with Crippen molar-refractivity contribution in [3.05, 3.63) is 314 Å². The van der Waals surface area contributed by atoms with Crippen molar-refractivity contribution < 1.29 is 8.83 Å². The summed E-state index contributed by atoms with van der Waals surface area (Å²) in [7, 11) is -2.86. The highest BCUT2D eigenvalue weighted by Gasteiger charge is 2.42. The maximum atomic E-state index is 6.86. The normalized spacial score (nSPS) is 12.9. The maximum absolute atomic E-state index is 6.86. The summed E-state index contributed by atoms with van der Waals surface area (Å²) < 4.78 is 13.3. The van der Waals surface area contributed by atoms with E-state index in [1.807, 2.05) is 0 Å². The van der Waals surface area contributed by atoms with Crippen LogP contribution in [0, 0.1) is 6.92 Å². The zero-order valence-electron chi connectivity index (χ0n) is 48.5. The molecule has 2 aromatic heterocycles. The minimum absolute atomic E-state index is 0.403. The highest BCUT2D eigenvalue weighted by atomic mass is 28.3. The molecule has 0 atom stereocenters. The number of aryl methyl sites for hydroxylation is 1. The zero-order chi connectivity index (χ0) is 58.0. The van der Waals surface area contributed by atoms with Gasteiger partial charge in [-0.1, -0.05) is 220 Å². The number of benzene rings is 14. The lowest BCUT2D eigenvalue weighted by Crippen LogP contribution is -2.74. The number of anilines is 6. The Kier molecular flexibility index (Phi) is 11.5. The van der Waals surface area contributed by atoms with Crippen LogP contribution in [0.3, 0.4) is 0 Å². The van der Waals surface area contributed by atoms with Gasteiger partial charge in [-0.15, -0.1) is 0 Å². The Bertz CT molecular complexity index is 5320. The molecule has 0 radical (unpaired) electrons. The van der Waals surface area contributed by atoms with Crippen molar-refractivity contribution in [1.82, 2.24) is 0 Å². The lowest BCUT2D eigenvalue weighted by molar-refractivity contribution is 0.661. The van der Waals surface area contributed by atoms with Gasteiger partial charge in [-0.25, -0.2) is 0 Å². The van der Waals surface area contributed by atoms with E-state index in [9.17, 15) is 0 Å². The third-order valence-electron chi connectivity index (χ3n) is 18.8. The Hall–Kier alpha value is -10.7. The molecule has 0 aliphatic heterocycles. The predicted octanol–water partition coefficient (Wildman–Crippen LogP) is 19.9. The van der Waals surface area contributed by atoms with E-state index in [-0.39, 0.29) is 0 Å². The zero-order valence-corrected chi connectivity index (χ0v) is 49.5. The van der Waals surface area contributed by atoms with Gasteiger partial charge in [0, 0.05) is 60.8 Å². The van der Waals surface area contributed by atoms with Crippen molar-refractivity contribution in [3.8, 4) is 11.1 Å². The van der Waals surface area contributed by atoms with E-state index in [4.69, 9.17) is 8.83 Å². The predicted molar refractivity (Wildman–Crippen MR) is 369 cm³/mol. The molecule has 0 saturated carbocycles. The highest BCUT2D eigenvalue weighted by Crippen LogP contribution is 2.56. The molecule has 4 nitrogen and oxygen atoms in total. The molecule has 0 amide bonds. The number of fused-ring (bicyclic) bond motifs is 13. The van der Waals surface area contributed by atoms with Gasteiger partial charge in [-0.2, -0.15) is 0 Å². The molecular weight excluding hydrogens is 1070 g/mol. The van der Waals surface area contributed by atoms with Gasteiger partial charge < -0.3 is 18.6 Å². The van der Waals surface area contributed by atoms with Crippen molar-refractivity contribution in [1.29, 1.82) is 0 Å². The van der Waals surface area contributed by atoms with Crippen LogP contribution in [0.25, 0.3) is 87.3 Å². The average Bonchev–Trinajstić information content (AvgIpc) is 1.73. The minimum atomic E-state index is -2.86. The van der Waals surface area contributed by atoms with Crippen LogP contribution in [0.2, 0.25) is 0 Å². The Labute approximate surface area is 506 Å². The molecule has 87 heavy (non-hydrogen) atoms. The Morgan fingerprint density at radius 2 is 0.724 bits per heavy atom. The second-order valence-electron chi connectivity index (χ2n) is 24.1. The summed E-state index contributed by atoms with van der Waals surface area (Å²) in [4.78, 5) is 4.92. The number of hydrogen-bond donors (Lipinski definition) is 0. The summed E-state index contributed by atoms with van der Waals surface area (Å²) in [5.41, 5.74) is 15.9. The van der Waals surface area contributed by atoms with Crippen LogP contribution in [-0.2, 0) is 5.41 Å². The van der Waals surface area contributed by atoms with Gasteiger partial charge >= 0.3 is 0 Å². The number of nitrogens with zero attached hydrogens (tertiary/aromatic N) is 2. The molecule has 412 valence electrons. The van der Waals surface area contributed by atoms with Crippen LogP contribution < -0.4 is 30.5 Å². The van der Waals surface area contributed by atoms with E-state index in [0.717, 1.165) is 78.0 Å². The van der Waals surface area contributed by atoms with Crippen molar-refractivity contribution in [2.45, 2.75) is 26.2 Å². The standard InChI is InChI=1S/C82H58N2O2Si/c1-53-31-41-77-70(45-53)71-48-60(37-42-78(71)85-77)83(58-34-32-54-19-13-15-21-56(54)46-58)62-36-40-69-74(50-62)82(2,3)75-52-76(67-29-17-18-30-68(67)81(69)75)84(59-35-33-55-20-14-16-22-57(55)47-59)61-38-43-79-72(49-61)73-51-66(39-44-80(73)86-79)87(63-23-7-4-8-24-63,64-25-9-5-10-26-64)65-27-11-6-12-28-65/h4-52H,1-3H3. The second kappa shape index (κ2) is 19.7. The molecule has 14 aromatic carbocycles. The van der Waals surface area contributed by atoms with E-state index in [2.05, 4.69) is 328 Å². The maximum Gasteiger partial charge on any atom is 0.179 e. The van der Waals surface area contributed by atoms with Gasteiger partial charge in [0.1, 0.15) is 22.3 Å². The van der Waals surface area contributed by atoms with Crippen molar-refractivity contribution in [3.63, 3.8) is 0 Å². The fourth-order valence-electron chi connectivity index (χ4n) is 14.6. The number of hydrogen-bond acceptors (Lipinski definition) is 4. The highest BCUT2D eigenvalue weighted by molar-refractivity contribution is 7.20. The molecule has 5 heteroatoms. The summed E-state index contributed by atoms with van der Waals surface area (Å²) >= 11 is 0. The Balaban J connectivity index is 0.853. The van der Waals surface area contributed by atoms with Crippen molar-refractivity contribution in [2.24, 2.45) is 0 Å². The van der Waals surface area contributed by atoms with Gasteiger partial charge in [-0.05, 0) is 174 Å². The Morgan fingerprint density at radius 3 is 1.31 bits per heavy atom. The van der Waals surface area contributed by atoms with Gasteiger partial charge in [0.25, 0.3) is 0 Å². The van der Waals surface area contributed by atoms with E-state index in [1.54, 1.807) is 0 Å². The van der Waals surface area contributed by atoms with E-state index in [1.165, 1.54) is 80.9 Å². The molecule has 17 rings (SSSR count). The summed E-state index contributed by atoms with van der Waals surface area (Å²) in [5, 5.41) is 16.9. The number of rotatable bonds is 10. The molecule has 0 unspecified atom stereocenters. The first-order valence-electron chi connectivity index (χ1n) is 30.1. The molecule has 0 spiro atoms. The van der Waals surface area contributed by atoms with Gasteiger partial charge in [0.05, 0.1) is 5.69 Å². The molecule has 16 aromatic rings. The van der Waals surface area contributed by atoms with Gasteiger partial charge in [0.2, 0.25) is 0 Å². The molecule has 0 bridgehead atoms. The molecule has 2 heterocycles. The van der Waals surface area contributed by atoms with Crippen LogP contribution in [0.15, 0.2) is 306 Å². The summed E-state index contributed by atoms with van der Waals surface area (Å²) in [5.74, 6) is 0. The molecule has 0 N–H and O–H groups in total. The summed E-state index contributed by atoms with van der Waals surface area (Å²) in [6.07, 6.45) is 0. The van der Waals surface area contributed by atoms with Crippen molar-refractivity contribution >= 4 is 139 Å². The molecule has 0 saturated heterocycles. The van der Waals surface area contributed by atoms with Gasteiger partial charge in [-0.3, -0.25) is 0 Å². The lowest BCUT2D eigenvalue weighted by atomic mass is 9.81. The molecular formula is C82H58N2O2Si. The van der Waals surface area contributed by atoms with Crippen molar-refractivity contribution in [2.75, 3.05) is 9.80 Å². The Morgan fingerprint density at radius 1 is 0.299 bits per heavy atom. The quantitative estimate of drug-likeness (QED) is 0.101. The molecule has 1 aliphatic rings. The molecule has 0 fully saturated rings. The third-order valence-corrected chi connectivity index (χ3v) is 23.5. The third kappa shape index (κ3) is 7.96. The van der Waals surface area contributed by atoms with Crippen LogP contribution in [-0.4, -0.2) is 8.07 Å². The van der Waals surface area contributed by atoms with Gasteiger partial charge in [0.15, 0.2) is 8.07 Å². The first-order chi connectivity index (χ1) is 42.8. The van der Waals surface area contributed by atoms with Crippen LogP contribution in [0.5, 0.6) is 0 Å². The fourth-order valence-corrected chi connectivity index (χ4v) is 19.4. The monoisotopic (exact) mass is 1130 g/mol. The average molecular weight is 1130 g/mol. The summed E-state index contributed by atoms with van der Waals surface area (Å²) in [6.45, 7) is 6.98. The largest absolute Gasteiger partial charge is 0.456 e. The van der Waals surface area contributed by atoms with E-state index < -0.39 is 13.5 Å². The fraction of sp³-hybridized carbons (Fsp3) is 0.0488. The van der Waals surface area contributed by atoms with E-state index in [0.29, 0.717) is 0 Å². The number of furan rings is 2. The first-order valence-corrected chi connectivity index (χ1v) is 32.1. The van der Waals surface area contributed by atoms with Crippen LogP contribution >= 0.6 is 0 Å². The first kappa shape index (κ1) is 50.8. The summed E-state index contributed by atoms with van der Waals surface area (Å²) in [6, 6.07) is 110. The smallest absolute Gasteiger partial charge is 0.179 e. The van der Waals surface area contributed by atoms with Crippen LogP contribution in [0.1, 0.15) is 30.5 Å². The van der Waals surface area contributed by atoms with E-state index >= 15 is 0 Å². The SMILES string of the molecule is Cc1ccc2oc3ccc(N(c4ccc5c(c4)C(C)(C)c4cc(N(c6ccc7ccccc7c6)c6ccc7oc8ccc([Si](c9ccccc9)(c9ccccc9)c9ccccc9)cc8c7c6)c6ccccc6c4-5)c4ccc5ccccc5c4)cc3c2c1. The second-order valence-corrected chi connectivity index (χ2v) is 27.9.